The predicted octanol–water partition coefficient (Wildman–Crippen LogP) is 2.35. The molecule has 1 aliphatic rings. The van der Waals surface area contributed by atoms with Crippen LogP contribution in [0, 0.1) is 15.9 Å². The van der Waals surface area contributed by atoms with Gasteiger partial charge in [0.1, 0.15) is 10.3 Å². The Bertz CT molecular complexity index is 573. The van der Waals surface area contributed by atoms with E-state index in [0.717, 1.165) is 12.1 Å². The van der Waals surface area contributed by atoms with E-state index in [4.69, 9.17) is 0 Å². The van der Waals surface area contributed by atoms with Gasteiger partial charge in [-0.05, 0) is 28.9 Å². The standard InChI is InChI=1S/C12H13BrFN3O3.ClH/c1-7-6-15-2-3-16(7)12(18)9-4-8(14)5-10(11(9)13)17(19)20;/h4-5,7,15H,2-3,6H2,1H3;1H/t7-;/m1./s1. The molecule has 1 aliphatic heterocycles. The number of hydrogen-bond donors (Lipinski definition) is 1. The van der Waals surface area contributed by atoms with Gasteiger partial charge in [-0.1, -0.05) is 0 Å². The molecule has 1 aromatic rings. The van der Waals surface area contributed by atoms with Crippen LogP contribution >= 0.6 is 28.3 Å². The second kappa shape index (κ2) is 7.15. The predicted molar refractivity (Wildman–Crippen MR) is 81.4 cm³/mol. The smallest absolute Gasteiger partial charge is 0.287 e. The Morgan fingerprint density at radius 2 is 2.24 bits per heavy atom. The first-order valence-corrected chi connectivity index (χ1v) is 6.86. The highest BCUT2D eigenvalue weighted by Crippen LogP contribution is 2.31. The van der Waals surface area contributed by atoms with Crippen molar-refractivity contribution in [2.24, 2.45) is 0 Å². The molecule has 116 valence electrons. The van der Waals surface area contributed by atoms with Gasteiger partial charge in [-0.2, -0.15) is 0 Å². The van der Waals surface area contributed by atoms with Crippen LogP contribution in [0.3, 0.4) is 0 Å². The zero-order valence-corrected chi connectivity index (χ0v) is 13.5. The van der Waals surface area contributed by atoms with Crippen LogP contribution < -0.4 is 5.32 Å². The summed E-state index contributed by atoms with van der Waals surface area (Å²) in [5, 5.41) is 14.0. The molecule has 1 N–H and O–H groups in total. The topological polar surface area (TPSA) is 75.5 Å². The average molecular weight is 383 g/mol. The van der Waals surface area contributed by atoms with E-state index >= 15 is 0 Å². The Morgan fingerprint density at radius 3 is 2.81 bits per heavy atom. The quantitative estimate of drug-likeness (QED) is 0.629. The highest BCUT2D eigenvalue weighted by molar-refractivity contribution is 9.10. The van der Waals surface area contributed by atoms with E-state index in [2.05, 4.69) is 21.2 Å². The van der Waals surface area contributed by atoms with Gasteiger partial charge < -0.3 is 10.2 Å². The molecule has 1 aromatic carbocycles. The van der Waals surface area contributed by atoms with Crippen molar-refractivity contribution in [3.63, 3.8) is 0 Å². The van der Waals surface area contributed by atoms with E-state index in [0.29, 0.717) is 19.6 Å². The summed E-state index contributed by atoms with van der Waals surface area (Å²) in [5.74, 6) is -1.21. The molecule has 0 radical (unpaired) electrons. The minimum atomic E-state index is -0.800. The summed E-state index contributed by atoms with van der Waals surface area (Å²) in [6, 6.07) is 1.77. The van der Waals surface area contributed by atoms with Crippen molar-refractivity contribution in [1.29, 1.82) is 0 Å². The monoisotopic (exact) mass is 381 g/mol. The summed E-state index contributed by atoms with van der Waals surface area (Å²) in [7, 11) is 0. The maximum atomic E-state index is 13.5. The second-order valence-corrected chi connectivity index (χ2v) is 5.39. The molecule has 2 rings (SSSR count). The van der Waals surface area contributed by atoms with Gasteiger partial charge in [-0.3, -0.25) is 14.9 Å². The molecule has 0 aromatic heterocycles. The van der Waals surface area contributed by atoms with Crippen molar-refractivity contribution in [3.8, 4) is 0 Å². The number of carbonyl (C=O) groups excluding carboxylic acids is 1. The third kappa shape index (κ3) is 3.69. The summed E-state index contributed by atoms with van der Waals surface area (Å²) in [5.41, 5.74) is -0.471. The number of benzene rings is 1. The highest BCUT2D eigenvalue weighted by Gasteiger charge is 2.29. The van der Waals surface area contributed by atoms with E-state index in [1.165, 1.54) is 0 Å². The Hall–Kier alpha value is -1.25. The number of nitro benzene ring substituents is 1. The van der Waals surface area contributed by atoms with Gasteiger partial charge in [0.2, 0.25) is 0 Å². The van der Waals surface area contributed by atoms with Crippen LogP contribution in [-0.4, -0.2) is 41.4 Å². The Balaban J connectivity index is 0.00000220. The molecule has 0 unspecified atom stereocenters. The summed E-state index contributed by atoms with van der Waals surface area (Å²) < 4.78 is 13.5. The summed E-state index contributed by atoms with van der Waals surface area (Å²) in [6.45, 7) is 3.63. The molecule has 1 saturated heterocycles. The third-order valence-corrected chi connectivity index (χ3v) is 4.04. The number of nitro groups is 1. The molecule has 0 aliphatic carbocycles. The summed E-state index contributed by atoms with van der Waals surface area (Å²) in [6.07, 6.45) is 0. The van der Waals surface area contributed by atoms with Crippen molar-refractivity contribution in [3.05, 3.63) is 38.1 Å². The molecular weight excluding hydrogens is 369 g/mol. The first kappa shape index (κ1) is 17.8. The fourth-order valence-corrected chi connectivity index (χ4v) is 2.70. The van der Waals surface area contributed by atoms with Crippen LogP contribution in [0.25, 0.3) is 0 Å². The number of rotatable bonds is 2. The lowest BCUT2D eigenvalue weighted by Crippen LogP contribution is -2.52. The van der Waals surface area contributed by atoms with Gasteiger partial charge in [0, 0.05) is 25.7 Å². The Morgan fingerprint density at radius 1 is 1.57 bits per heavy atom. The normalized spacial score (nSPS) is 18.0. The maximum absolute atomic E-state index is 13.5. The number of piperazine rings is 1. The Kier molecular flexibility index (Phi) is 6.06. The molecule has 1 heterocycles. The lowest BCUT2D eigenvalue weighted by Gasteiger charge is -2.34. The van der Waals surface area contributed by atoms with Gasteiger partial charge >= 0.3 is 0 Å². The number of hydrogen-bond acceptors (Lipinski definition) is 4. The van der Waals surface area contributed by atoms with Crippen molar-refractivity contribution >= 4 is 39.9 Å². The van der Waals surface area contributed by atoms with Crippen LogP contribution in [0.2, 0.25) is 0 Å². The zero-order chi connectivity index (χ0) is 14.9. The summed E-state index contributed by atoms with van der Waals surface area (Å²) in [4.78, 5) is 24.2. The number of carbonyl (C=O) groups is 1. The van der Waals surface area contributed by atoms with Crippen molar-refractivity contribution in [2.45, 2.75) is 13.0 Å². The van der Waals surface area contributed by atoms with E-state index in [1.807, 2.05) is 6.92 Å². The van der Waals surface area contributed by atoms with E-state index in [9.17, 15) is 19.3 Å². The molecule has 1 fully saturated rings. The van der Waals surface area contributed by atoms with Gasteiger partial charge in [0.05, 0.1) is 16.6 Å². The first-order valence-electron chi connectivity index (χ1n) is 6.07. The molecule has 9 heteroatoms. The molecular formula is C12H14BrClFN3O3. The van der Waals surface area contributed by atoms with Crippen LogP contribution in [0.4, 0.5) is 10.1 Å². The largest absolute Gasteiger partial charge is 0.333 e. The number of nitrogens with zero attached hydrogens (tertiary/aromatic N) is 2. The van der Waals surface area contributed by atoms with E-state index < -0.39 is 22.3 Å². The fourth-order valence-electron chi connectivity index (χ4n) is 2.16. The number of halogens is 3. The van der Waals surface area contributed by atoms with Gasteiger partial charge in [0.15, 0.2) is 0 Å². The summed E-state index contributed by atoms with van der Waals surface area (Å²) >= 11 is 3.03. The third-order valence-electron chi connectivity index (χ3n) is 3.21. The molecule has 6 nitrogen and oxygen atoms in total. The fraction of sp³-hybridized carbons (Fsp3) is 0.417. The zero-order valence-electron chi connectivity index (χ0n) is 11.1. The van der Waals surface area contributed by atoms with Gasteiger partial charge in [0.25, 0.3) is 11.6 Å². The lowest BCUT2D eigenvalue weighted by atomic mass is 10.1. The van der Waals surface area contributed by atoms with Gasteiger partial charge in [-0.25, -0.2) is 4.39 Å². The van der Waals surface area contributed by atoms with Crippen LogP contribution in [0.5, 0.6) is 0 Å². The van der Waals surface area contributed by atoms with Crippen molar-refractivity contribution < 1.29 is 14.1 Å². The number of amides is 1. The first-order chi connectivity index (χ1) is 9.41. The van der Waals surface area contributed by atoms with Crippen LogP contribution in [0.1, 0.15) is 17.3 Å². The molecule has 0 saturated carbocycles. The second-order valence-electron chi connectivity index (χ2n) is 4.60. The average Bonchev–Trinajstić information content (AvgIpc) is 2.40. The molecule has 0 spiro atoms. The van der Waals surface area contributed by atoms with Crippen LogP contribution in [0.15, 0.2) is 16.6 Å². The molecule has 1 atom stereocenters. The van der Waals surface area contributed by atoms with E-state index in [-0.39, 0.29) is 28.5 Å². The SMILES string of the molecule is C[C@@H]1CNCCN1C(=O)c1cc(F)cc([N+](=O)[O-])c1Br.Cl. The molecule has 21 heavy (non-hydrogen) atoms. The van der Waals surface area contributed by atoms with Gasteiger partial charge in [-0.15, -0.1) is 12.4 Å². The van der Waals surface area contributed by atoms with Crippen molar-refractivity contribution in [1.82, 2.24) is 10.2 Å². The Labute approximate surface area is 135 Å². The molecule has 1 amide bonds. The molecule has 0 bridgehead atoms. The van der Waals surface area contributed by atoms with Crippen LogP contribution in [-0.2, 0) is 0 Å². The number of nitrogens with one attached hydrogen (secondary N) is 1. The van der Waals surface area contributed by atoms with E-state index in [1.54, 1.807) is 4.90 Å². The maximum Gasteiger partial charge on any atom is 0.287 e. The minimum absolute atomic E-state index is 0. The lowest BCUT2D eigenvalue weighted by molar-refractivity contribution is -0.385. The minimum Gasteiger partial charge on any atom is -0.333 e. The highest BCUT2D eigenvalue weighted by atomic mass is 79.9. The van der Waals surface area contributed by atoms with Crippen molar-refractivity contribution in [2.75, 3.05) is 19.6 Å².